The SMILES string of the molecule is Cc1c(C(=O)Oc2ccc(-c3ccc(C#N)cc3)cc2)oc2c1/C(=N/NS(=O)(=O)c1ccccc1)CCC2. The van der Waals surface area contributed by atoms with Gasteiger partial charge in [-0.1, -0.05) is 42.5 Å². The maximum absolute atomic E-state index is 13.0. The minimum Gasteiger partial charge on any atom is -0.453 e. The molecule has 0 radical (unpaired) electrons. The van der Waals surface area contributed by atoms with Crippen molar-refractivity contribution in [1.29, 1.82) is 5.26 Å². The molecule has 1 heterocycles. The van der Waals surface area contributed by atoms with Gasteiger partial charge >= 0.3 is 5.97 Å². The summed E-state index contributed by atoms with van der Waals surface area (Å²) in [5.41, 5.74) is 4.13. The molecule has 1 aliphatic carbocycles. The third-order valence-electron chi connectivity index (χ3n) is 6.28. The van der Waals surface area contributed by atoms with Crippen LogP contribution in [0.4, 0.5) is 0 Å². The Morgan fingerprint density at radius 2 is 1.63 bits per heavy atom. The minimum absolute atomic E-state index is 0.0617. The zero-order valence-corrected chi connectivity index (χ0v) is 21.3. The van der Waals surface area contributed by atoms with E-state index in [1.165, 1.54) is 12.1 Å². The summed E-state index contributed by atoms with van der Waals surface area (Å²) in [6.07, 6.45) is 1.85. The summed E-state index contributed by atoms with van der Waals surface area (Å²) in [4.78, 5) is 15.4. The molecule has 8 nitrogen and oxygen atoms in total. The summed E-state index contributed by atoms with van der Waals surface area (Å²) in [5.74, 6) is 0.346. The van der Waals surface area contributed by atoms with E-state index in [0.717, 1.165) is 11.1 Å². The molecule has 0 saturated heterocycles. The van der Waals surface area contributed by atoms with Gasteiger partial charge in [-0.25, -0.2) is 4.79 Å². The Kier molecular flexibility index (Phi) is 6.81. The highest BCUT2D eigenvalue weighted by atomic mass is 32.2. The second kappa shape index (κ2) is 10.4. The maximum atomic E-state index is 13.0. The molecule has 4 aromatic rings. The zero-order valence-electron chi connectivity index (χ0n) is 20.5. The number of furan rings is 1. The molecular formula is C29H23N3O5S. The number of hydrogen-bond donors (Lipinski definition) is 1. The van der Waals surface area contributed by atoms with Crippen LogP contribution in [-0.2, 0) is 16.4 Å². The quantitative estimate of drug-likeness (QED) is 0.205. The number of esters is 1. The summed E-state index contributed by atoms with van der Waals surface area (Å²) in [6.45, 7) is 1.74. The first kappa shape index (κ1) is 25.0. The molecule has 1 aliphatic rings. The summed E-state index contributed by atoms with van der Waals surface area (Å²) < 4.78 is 36.6. The Morgan fingerprint density at radius 3 is 2.29 bits per heavy atom. The summed E-state index contributed by atoms with van der Waals surface area (Å²) in [7, 11) is -3.83. The molecule has 1 N–H and O–H groups in total. The van der Waals surface area contributed by atoms with Crippen molar-refractivity contribution in [2.75, 3.05) is 0 Å². The van der Waals surface area contributed by atoms with Gasteiger partial charge in [-0.3, -0.25) is 0 Å². The summed E-state index contributed by atoms with van der Waals surface area (Å²) in [5, 5.41) is 13.2. The van der Waals surface area contributed by atoms with E-state index in [9.17, 15) is 13.2 Å². The van der Waals surface area contributed by atoms with Crippen LogP contribution in [0.3, 0.4) is 0 Å². The number of carbonyl (C=O) groups is 1. The molecule has 0 spiro atoms. The normalized spacial score (nSPS) is 13.9. The van der Waals surface area contributed by atoms with Crippen molar-refractivity contribution in [3.63, 3.8) is 0 Å². The van der Waals surface area contributed by atoms with Gasteiger partial charge in [0.15, 0.2) is 0 Å². The van der Waals surface area contributed by atoms with Crippen molar-refractivity contribution in [3.8, 4) is 22.9 Å². The Bertz CT molecular complexity index is 1670. The number of carbonyl (C=O) groups excluding carboxylic acids is 1. The molecule has 9 heteroatoms. The Morgan fingerprint density at radius 1 is 0.974 bits per heavy atom. The number of hydrogen-bond acceptors (Lipinski definition) is 7. The van der Waals surface area contributed by atoms with Crippen molar-refractivity contribution in [2.45, 2.75) is 31.1 Å². The second-order valence-electron chi connectivity index (χ2n) is 8.78. The van der Waals surface area contributed by atoms with Gasteiger partial charge in [-0.05, 0) is 67.3 Å². The molecule has 0 bridgehead atoms. The first-order valence-corrected chi connectivity index (χ1v) is 13.4. The van der Waals surface area contributed by atoms with E-state index in [1.54, 1.807) is 49.4 Å². The van der Waals surface area contributed by atoms with E-state index in [1.807, 2.05) is 24.3 Å². The molecule has 3 aromatic carbocycles. The van der Waals surface area contributed by atoms with E-state index < -0.39 is 16.0 Å². The van der Waals surface area contributed by atoms with Gasteiger partial charge in [0, 0.05) is 17.5 Å². The molecule has 190 valence electrons. The van der Waals surface area contributed by atoms with E-state index in [0.29, 0.717) is 53.2 Å². The number of fused-ring (bicyclic) bond motifs is 1. The van der Waals surface area contributed by atoms with E-state index >= 15 is 0 Å². The predicted molar refractivity (Wildman–Crippen MR) is 141 cm³/mol. The minimum atomic E-state index is -3.83. The van der Waals surface area contributed by atoms with Gasteiger partial charge in [-0.2, -0.15) is 23.6 Å². The van der Waals surface area contributed by atoms with Crippen LogP contribution in [0.15, 0.2) is 93.3 Å². The Hall–Kier alpha value is -4.68. The number of hydrazone groups is 1. The van der Waals surface area contributed by atoms with Crippen molar-refractivity contribution < 1.29 is 22.4 Å². The van der Waals surface area contributed by atoms with Gasteiger partial charge in [0.2, 0.25) is 5.76 Å². The second-order valence-corrected chi connectivity index (χ2v) is 10.4. The van der Waals surface area contributed by atoms with Crippen LogP contribution in [-0.4, -0.2) is 20.1 Å². The van der Waals surface area contributed by atoms with Crippen molar-refractivity contribution >= 4 is 21.7 Å². The molecule has 0 unspecified atom stereocenters. The summed E-state index contributed by atoms with van der Waals surface area (Å²) >= 11 is 0. The first-order valence-electron chi connectivity index (χ1n) is 11.9. The lowest BCUT2D eigenvalue weighted by Gasteiger charge is -2.14. The van der Waals surface area contributed by atoms with E-state index in [-0.39, 0.29) is 10.7 Å². The van der Waals surface area contributed by atoms with Crippen LogP contribution in [0.25, 0.3) is 11.1 Å². The van der Waals surface area contributed by atoms with Crippen LogP contribution >= 0.6 is 0 Å². The van der Waals surface area contributed by atoms with Crippen LogP contribution in [0.2, 0.25) is 0 Å². The number of nitrogens with zero attached hydrogens (tertiary/aromatic N) is 2. The highest BCUT2D eigenvalue weighted by Crippen LogP contribution is 2.31. The summed E-state index contributed by atoms with van der Waals surface area (Å²) in [6, 6.07) is 24.3. The lowest BCUT2D eigenvalue weighted by molar-refractivity contribution is 0.0698. The van der Waals surface area contributed by atoms with Gasteiger partial charge in [-0.15, -0.1) is 0 Å². The van der Waals surface area contributed by atoms with Crippen molar-refractivity contribution in [3.05, 3.63) is 107 Å². The van der Waals surface area contributed by atoms with Crippen LogP contribution in [0.5, 0.6) is 5.75 Å². The van der Waals surface area contributed by atoms with E-state index in [2.05, 4.69) is 16.0 Å². The molecule has 0 amide bonds. The fourth-order valence-electron chi connectivity index (χ4n) is 4.35. The number of nitriles is 1. The molecule has 0 fully saturated rings. The fourth-order valence-corrected chi connectivity index (χ4v) is 5.20. The molecule has 38 heavy (non-hydrogen) atoms. The lowest BCUT2D eigenvalue weighted by atomic mass is 9.93. The predicted octanol–water partition coefficient (Wildman–Crippen LogP) is 5.36. The zero-order chi connectivity index (χ0) is 26.7. The van der Waals surface area contributed by atoms with Gasteiger partial charge in [0.05, 0.1) is 22.2 Å². The van der Waals surface area contributed by atoms with Crippen molar-refractivity contribution in [2.24, 2.45) is 5.10 Å². The number of benzene rings is 3. The number of sulfonamides is 1. The molecule has 1 aromatic heterocycles. The van der Waals surface area contributed by atoms with Crippen molar-refractivity contribution in [1.82, 2.24) is 4.83 Å². The third kappa shape index (κ3) is 5.08. The number of rotatable bonds is 6. The standard InChI is InChI=1S/C29H23N3O5S/c1-19-27-25(31-32-38(34,35)24-6-3-2-4-7-24)8-5-9-26(27)37-28(19)29(33)36-23-16-14-22(15-17-23)21-12-10-20(18-30)11-13-21/h2-4,6-7,10-17,32H,5,8-9H2,1H3/b31-25+. The third-order valence-corrected chi connectivity index (χ3v) is 7.50. The van der Waals surface area contributed by atoms with Gasteiger partial charge in [0.25, 0.3) is 10.0 Å². The average molecular weight is 526 g/mol. The van der Waals surface area contributed by atoms with Crippen LogP contribution in [0.1, 0.15) is 45.8 Å². The maximum Gasteiger partial charge on any atom is 0.379 e. The largest absolute Gasteiger partial charge is 0.453 e. The highest BCUT2D eigenvalue weighted by molar-refractivity contribution is 7.89. The fraction of sp³-hybridized carbons (Fsp3) is 0.138. The van der Waals surface area contributed by atoms with E-state index in [4.69, 9.17) is 14.4 Å². The number of nitrogens with one attached hydrogen (secondary N) is 1. The molecular weight excluding hydrogens is 502 g/mol. The monoisotopic (exact) mass is 525 g/mol. The molecule has 0 saturated carbocycles. The molecule has 5 rings (SSSR count). The highest BCUT2D eigenvalue weighted by Gasteiger charge is 2.29. The first-order chi connectivity index (χ1) is 18.4. The number of aryl methyl sites for hydroxylation is 1. The van der Waals surface area contributed by atoms with Crippen LogP contribution in [0, 0.1) is 18.3 Å². The molecule has 0 aliphatic heterocycles. The average Bonchev–Trinajstić information content (AvgIpc) is 3.30. The molecule has 0 atom stereocenters. The lowest BCUT2D eigenvalue weighted by Crippen LogP contribution is -2.22. The van der Waals surface area contributed by atoms with Crippen LogP contribution < -0.4 is 9.57 Å². The smallest absolute Gasteiger partial charge is 0.379 e. The van der Waals surface area contributed by atoms with Gasteiger partial charge < -0.3 is 9.15 Å². The Labute approximate surface area is 220 Å². The van der Waals surface area contributed by atoms with Gasteiger partial charge in [0.1, 0.15) is 11.5 Å². The topological polar surface area (TPSA) is 122 Å². The number of ether oxygens (including phenoxy) is 1. The Balaban J connectivity index is 1.34.